The fourth-order valence-electron chi connectivity index (χ4n) is 5.01. The van der Waals surface area contributed by atoms with E-state index in [1.807, 2.05) is 0 Å². The molecule has 0 amide bonds. The van der Waals surface area contributed by atoms with E-state index in [1.54, 1.807) is 18.2 Å². The number of hydrogen-bond donors (Lipinski definition) is 2. The molecule has 3 rings (SSSR count). The lowest BCUT2D eigenvalue weighted by molar-refractivity contribution is 0.146. The van der Waals surface area contributed by atoms with Crippen molar-refractivity contribution < 1.29 is 8.42 Å². The van der Waals surface area contributed by atoms with Crippen molar-refractivity contribution >= 4 is 10.0 Å². The molecule has 0 bridgehead atoms. The average molecular weight is 397 g/mol. The molecule has 0 spiro atoms. The van der Waals surface area contributed by atoms with Gasteiger partial charge in [-0.25, -0.2) is 8.42 Å². The molecule has 2 N–H and O–H groups in total. The number of piperidine rings is 1. The molecule has 3 atom stereocenters. The summed E-state index contributed by atoms with van der Waals surface area (Å²) in [4.78, 5) is 0.356. The van der Waals surface area contributed by atoms with Crippen molar-refractivity contribution in [3.63, 3.8) is 0 Å². The van der Waals surface area contributed by atoms with Crippen LogP contribution in [0.5, 0.6) is 0 Å². The van der Waals surface area contributed by atoms with Crippen molar-refractivity contribution in [2.75, 3.05) is 13.1 Å². The molecular formula is C20H36N4O2S. The maximum absolute atomic E-state index is 13.0. The Morgan fingerprint density at radius 3 is 2.37 bits per heavy atom. The van der Waals surface area contributed by atoms with E-state index in [4.69, 9.17) is 0 Å². The zero-order chi connectivity index (χ0) is 19.8. The highest BCUT2D eigenvalue weighted by Crippen LogP contribution is 2.34. The topological polar surface area (TPSA) is 78.1 Å². The molecule has 2 aliphatic rings. The summed E-state index contributed by atoms with van der Waals surface area (Å²) in [5.41, 5.74) is 1.19. The number of hydrogen-bond acceptors (Lipinski definition) is 4. The van der Waals surface area contributed by atoms with Crippen molar-refractivity contribution in [1.82, 2.24) is 19.8 Å². The Bertz CT molecular complexity index is 716. The van der Waals surface area contributed by atoms with Crippen molar-refractivity contribution in [1.29, 1.82) is 0 Å². The largest absolute Gasteiger partial charge is 0.311 e. The summed E-state index contributed by atoms with van der Waals surface area (Å²) in [6, 6.07) is 0.986. The molecule has 1 aliphatic carbocycles. The van der Waals surface area contributed by atoms with E-state index in [-0.39, 0.29) is 0 Å². The molecule has 154 valence electrons. The number of sulfonamides is 1. The van der Waals surface area contributed by atoms with Crippen LogP contribution in [-0.4, -0.2) is 48.1 Å². The third-order valence-corrected chi connectivity index (χ3v) is 8.75. The van der Waals surface area contributed by atoms with Gasteiger partial charge in [0.15, 0.2) is 0 Å². The quantitative estimate of drug-likeness (QED) is 0.801. The molecule has 0 radical (unpaired) electrons. The maximum atomic E-state index is 13.0. The van der Waals surface area contributed by atoms with Crippen LogP contribution in [0.25, 0.3) is 0 Å². The van der Waals surface area contributed by atoms with Gasteiger partial charge in [0.1, 0.15) is 4.90 Å². The summed E-state index contributed by atoms with van der Waals surface area (Å²) in [5.74, 6) is 2.21. The predicted octanol–water partition coefficient (Wildman–Crippen LogP) is 3.23. The SMILES string of the molecule is Cc1n[nH]c(C)c1S(=O)(=O)N1CCC(N[C@@H]2C[C@H](C)CC[C@H]2C(C)C)CC1. The van der Waals surface area contributed by atoms with Crippen LogP contribution in [0, 0.1) is 31.6 Å². The second kappa shape index (κ2) is 8.21. The zero-order valence-corrected chi connectivity index (χ0v) is 18.3. The minimum atomic E-state index is -3.46. The van der Waals surface area contributed by atoms with E-state index >= 15 is 0 Å². The van der Waals surface area contributed by atoms with Crippen LogP contribution in [0.3, 0.4) is 0 Å². The van der Waals surface area contributed by atoms with Crippen molar-refractivity contribution in [2.45, 2.75) is 83.7 Å². The smallest absolute Gasteiger partial charge is 0.246 e. The van der Waals surface area contributed by atoms with Crippen LogP contribution in [0.2, 0.25) is 0 Å². The van der Waals surface area contributed by atoms with Crippen LogP contribution >= 0.6 is 0 Å². The third kappa shape index (κ3) is 4.40. The molecule has 0 unspecified atom stereocenters. The van der Waals surface area contributed by atoms with Gasteiger partial charge in [0.2, 0.25) is 10.0 Å². The molecule has 1 aromatic heterocycles. The Hall–Kier alpha value is -0.920. The molecule has 1 saturated carbocycles. The molecule has 2 fully saturated rings. The summed E-state index contributed by atoms with van der Waals surface area (Å²) in [6.45, 7) is 11.7. The second-order valence-corrected chi connectivity index (χ2v) is 10.9. The molecule has 1 aromatic rings. The van der Waals surface area contributed by atoms with E-state index < -0.39 is 10.0 Å². The number of nitrogens with zero attached hydrogens (tertiary/aromatic N) is 2. The van der Waals surface area contributed by atoms with Gasteiger partial charge < -0.3 is 5.32 Å². The number of nitrogens with one attached hydrogen (secondary N) is 2. The first-order valence-corrected chi connectivity index (χ1v) is 11.9. The summed E-state index contributed by atoms with van der Waals surface area (Å²) < 4.78 is 27.7. The second-order valence-electron chi connectivity index (χ2n) is 9.04. The summed E-state index contributed by atoms with van der Waals surface area (Å²) >= 11 is 0. The van der Waals surface area contributed by atoms with Gasteiger partial charge in [-0.3, -0.25) is 5.10 Å². The number of aryl methyl sites for hydroxylation is 2. The molecule has 1 saturated heterocycles. The zero-order valence-electron chi connectivity index (χ0n) is 17.5. The fraction of sp³-hybridized carbons (Fsp3) is 0.850. The Kier molecular flexibility index (Phi) is 6.33. The van der Waals surface area contributed by atoms with Crippen LogP contribution in [0.1, 0.15) is 64.3 Å². The summed E-state index contributed by atoms with van der Waals surface area (Å²) in [5, 5.41) is 10.8. The van der Waals surface area contributed by atoms with Gasteiger partial charge in [0, 0.05) is 25.2 Å². The van der Waals surface area contributed by atoms with E-state index in [2.05, 4.69) is 36.3 Å². The molecule has 6 nitrogen and oxygen atoms in total. The minimum Gasteiger partial charge on any atom is -0.311 e. The number of rotatable bonds is 5. The average Bonchev–Trinajstić information content (AvgIpc) is 2.94. The molecule has 1 aliphatic heterocycles. The van der Waals surface area contributed by atoms with Gasteiger partial charge in [-0.1, -0.05) is 27.2 Å². The Labute approximate surface area is 164 Å². The highest BCUT2D eigenvalue weighted by molar-refractivity contribution is 7.89. The van der Waals surface area contributed by atoms with Crippen LogP contribution in [-0.2, 0) is 10.0 Å². The first-order valence-electron chi connectivity index (χ1n) is 10.5. The molecular weight excluding hydrogens is 360 g/mol. The van der Waals surface area contributed by atoms with Crippen molar-refractivity contribution in [3.05, 3.63) is 11.4 Å². The van der Waals surface area contributed by atoms with Crippen molar-refractivity contribution in [2.24, 2.45) is 17.8 Å². The van der Waals surface area contributed by atoms with Crippen LogP contribution < -0.4 is 5.32 Å². The number of aromatic nitrogens is 2. The van der Waals surface area contributed by atoms with Gasteiger partial charge in [-0.2, -0.15) is 9.40 Å². The summed E-state index contributed by atoms with van der Waals surface area (Å²) in [6.07, 6.45) is 5.65. The normalized spacial score (nSPS) is 28.7. The van der Waals surface area contributed by atoms with E-state index in [0.29, 0.717) is 47.4 Å². The van der Waals surface area contributed by atoms with Crippen LogP contribution in [0.4, 0.5) is 0 Å². The van der Waals surface area contributed by atoms with Gasteiger partial charge in [0.05, 0.1) is 11.4 Å². The van der Waals surface area contributed by atoms with E-state index in [1.165, 1.54) is 19.3 Å². The number of H-pyrrole nitrogens is 1. The van der Waals surface area contributed by atoms with Crippen molar-refractivity contribution in [3.8, 4) is 0 Å². The van der Waals surface area contributed by atoms with E-state index in [9.17, 15) is 8.42 Å². The first-order chi connectivity index (χ1) is 12.7. The van der Waals surface area contributed by atoms with Gasteiger partial charge in [-0.15, -0.1) is 0 Å². The third-order valence-electron chi connectivity index (χ3n) is 6.58. The fourth-order valence-corrected chi connectivity index (χ4v) is 6.81. The lowest BCUT2D eigenvalue weighted by atomic mass is 9.73. The maximum Gasteiger partial charge on any atom is 0.246 e. The monoisotopic (exact) mass is 396 g/mol. The minimum absolute atomic E-state index is 0.356. The van der Waals surface area contributed by atoms with Gasteiger partial charge >= 0.3 is 0 Å². The number of aromatic amines is 1. The lowest BCUT2D eigenvalue weighted by Gasteiger charge is -2.41. The lowest BCUT2D eigenvalue weighted by Crippen LogP contribution is -2.51. The Morgan fingerprint density at radius 1 is 1.15 bits per heavy atom. The van der Waals surface area contributed by atoms with E-state index in [0.717, 1.165) is 24.7 Å². The molecule has 2 heterocycles. The molecule has 0 aromatic carbocycles. The summed E-state index contributed by atoms with van der Waals surface area (Å²) in [7, 11) is -3.46. The van der Waals surface area contributed by atoms with Gasteiger partial charge in [0.25, 0.3) is 0 Å². The highest BCUT2D eigenvalue weighted by Gasteiger charge is 2.36. The Balaban J connectivity index is 1.62. The Morgan fingerprint density at radius 2 is 1.81 bits per heavy atom. The standard InChI is InChI=1S/C20H36N4O2S/c1-13(2)18-7-6-14(3)12-19(18)21-17-8-10-24(11-9-17)27(25,26)20-15(4)22-23-16(20)5/h13-14,17-19,21H,6-12H2,1-5H3,(H,22,23)/t14-,18+,19-/m1/s1. The molecule has 27 heavy (non-hydrogen) atoms. The van der Waals surface area contributed by atoms with Gasteiger partial charge in [-0.05, 0) is 57.3 Å². The first kappa shape index (κ1) is 20.8. The highest BCUT2D eigenvalue weighted by atomic mass is 32.2. The molecule has 7 heteroatoms. The predicted molar refractivity (Wildman–Crippen MR) is 108 cm³/mol. The van der Waals surface area contributed by atoms with Crippen LogP contribution in [0.15, 0.2) is 4.90 Å².